The van der Waals surface area contributed by atoms with Crippen molar-refractivity contribution in [3.8, 4) is 0 Å². The number of rotatable bonds is 0. The smallest absolute Gasteiger partial charge is 0.240 e. The first-order chi connectivity index (χ1) is 4.02. The molecule has 9 heavy (non-hydrogen) atoms. The summed E-state index contributed by atoms with van der Waals surface area (Å²) in [7, 11) is 0. The molecule has 1 N–H and O–H groups in total. The highest BCUT2D eigenvalue weighted by Gasteiger charge is 2.35. The maximum absolute atomic E-state index is 10.9. The van der Waals surface area contributed by atoms with Crippen LogP contribution in [0.5, 0.6) is 0 Å². The van der Waals surface area contributed by atoms with E-state index in [1.54, 1.807) is 0 Å². The Morgan fingerprint density at radius 3 is 2.33 bits per heavy atom. The molecule has 0 radical (unpaired) electrons. The van der Waals surface area contributed by atoms with E-state index in [-0.39, 0.29) is 10.7 Å². The second kappa shape index (κ2) is 1.77. The zero-order valence-electron chi connectivity index (χ0n) is 5.52. The average Bonchev–Trinajstić information content (AvgIpc) is 1.79. The van der Waals surface area contributed by atoms with Crippen LogP contribution in [0.15, 0.2) is 11.6 Å². The molecule has 1 amide bonds. The Hall–Kier alpha value is -0.440. The summed E-state index contributed by atoms with van der Waals surface area (Å²) in [5.41, 5.74) is 0. The average molecular weight is 143 g/mol. The van der Waals surface area contributed by atoms with Crippen LogP contribution in [0, 0.1) is 0 Å². The van der Waals surface area contributed by atoms with Crippen LogP contribution in [-0.2, 0) is 4.79 Å². The highest BCUT2D eigenvalue weighted by atomic mass is 32.2. The van der Waals surface area contributed by atoms with Crippen LogP contribution in [0.1, 0.15) is 13.8 Å². The number of hydrogen-bond donors (Lipinski definition) is 1. The standard InChI is InChI=1S/C6H9NOS/c1-4-7-5(8)6(2,3)9-4/h1H2,2-3H3,(H,7,8). The van der Waals surface area contributed by atoms with Crippen molar-refractivity contribution in [2.45, 2.75) is 18.6 Å². The molecule has 50 valence electrons. The molecule has 0 aliphatic carbocycles. The fourth-order valence-electron chi connectivity index (χ4n) is 0.657. The molecule has 0 unspecified atom stereocenters. The quantitative estimate of drug-likeness (QED) is 0.550. The molecule has 1 saturated heterocycles. The number of hydrogen-bond acceptors (Lipinski definition) is 2. The van der Waals surface area contributed by atoms with Crippen LogP contribution in [0.4, 0.5) is 0 Å². The fraction of sp³-hybridized carbons (Fsp3) is 0.500. The maximum atomic E-state index is 10.9. The van der Waals surface area contributed by atoms with Crippen LogP contribution in [-0.4, -0.2) is 10.7 Å². The first kappa shape index (κ1) is 6.68. The van der Waals surface area contributed by atoms with Crippen molar-refractivity contribution in [2.75, 3.05) is 0 Å². The van der Waals surface area contributed by atoms with Crippen LogP contribution in [0.3, 0.4) is 0 Å². The minimum atomic E-state index is -0.308. The molecule has 0 aromatic carbocycles. The van der Waals surface area contributed by atoms with Gasteiger partial charge in [-0.3, -0.25) is 4.79 Å². The summed E-state index contributed by atoms with van der Waals surface area (Å²) in [5, 5.41) is 3.39. The van der Waals surface area contributed by atoms with Crippen molar-refractivity contribution < 1.29 is 4.79 Å². The molecule has 1 aliphatic rings. The number of thioether (sulfide) groups is 1. The zero-order valence-corrected chi connectivity index (χ0v) is 6.34. The van der Waals surface area contributed by atoms with Gasteiger partial charge in [-0.05, 0) is 13.8 Å². The predicted molar refractivity (Wildman–Crippen MR) is 39.0 cm³/mol. The van der Waals surface area contributed by atoms with Gasteiger partial charge in [-0.25, -0.2) is 0 Å². The molecule has 1 aliphatic heterocycles. The lowest BCUT2D eigenvalue weighted by atomic mass is 10.2. The third kappa shape index (κ3) is 1.10. The van der Waals surface area contributed by atoms with Crippen LogP contribution in [0.2, 0.25) is 0 Å². The van der Waals surface area contributed by atoms with E-state index in [2.05, 4.69) is 11.9 Å². The van der Waals surface area contributed by atoms with Gasteiger partial charge in [0, 0.05) is 0 Å². The monoisotopic (exact) mass is 143 g/mol. The lowest BCUT2D eigenvalue weighted by molar-refractivity contribution is -0.121. The van der Waals surface area contributed by atoms with Gasteiger partial charge in [0.05, 0.1) is 9.78 Å². The zero-order chi connectivity index (χ0) is 7.07. The third-order valence-corrected chi connectivity index (χ3v) is 2.22. The summed E-state index contributed by atoms with van der Waals surface area (Å²) < 4.78 is -0.308. The summed E-state index contributed by atoms with van der Waals surface area (Å²) in [4.78, 5) is 10.9. The predicted octanol–water partition coefficient (Wildman–Crippen LogP) is 1.10. The van der Waals surface area contributed by atoms with E-state index in [4.69, 9.17) is 0 Å². The van der Waals surface area contributed by atoms with Gasteiger partial charge in [0.2, 0.25) is 5.91 Å². The van der Waals surface area contributed by atoms with E-state index >= 15 is 0 Å². The van der Waals surface area contributed by atoms with Crippen molar-refractivity contribution in [1.29, 1.82) is 0 Å². The molecular weight excluding hydrogens is 134 g/mol. The molecular formula is C6H9NOS. The van der Waals surface area contributed by atoms with Gasteiger partial charge in [0.25, 0.3) is 0 Å². The lowest BCUT2D eigenvalue weighted by Gasteiger charge is -2.08. The van der Waals surface area contributed by atoms with E-state index in [0.29, 0.717) is 0 Å². The number of carbonyl (C=O) groups excluding carboxylic acids is 1. The Labute approximate surface area is 58.7 Å². The number of nitrogens with one attached hydrogen (secondary N) is 1. The van der Waals surface area contributed by atoms with E-state index in [0.717, 1.165) is 5.03 Å². The molecule has 1 rings (SSSR count). The van der Waals surface area contributed by atoms with Crippen molar-refractivity contribution in [3.05, 3.63) is 11.6 Å². The van der Waals surface area contributed by atoms with E-state index in [1.807, 2.05) is 13.8 Å². The molecule has 0 saturated carbocycles. The number of amides is 1. The first-order valence-electron chi connectivity index (χ1n) is 2.72. The van der Waals surface area contributed by atoms with Gasteiger partial charge in [0.1, 0.15) is 0 Å². The SMILES string of the molecule is C=C1NC(=O)C(C)(C)S1. The normalized spacial score (nSPS) is 24.2. The Balaban J connectivity index is 2.81. The van der Waals surface area contributed by atoms with Gasteiger partial charge in [-0.15, -0.1) is 0 Å². The van der Waals surface area contributed by atoms with E-state index < -0.39 is 0 Å². The molecule has 2 nitrogen and oxygen atoms in total. The minimum Gasteiger partial charge on any atom is -0.320 e. The molecule has 0 aromatic heterocycles. The summed E-state index contributed by atoms with van der Waals surface area (Å²) in [6.45, 7) is 7.39. The summed E-state index contributed by atoms with van der Waals surface area (Å²) in [5.74, 6) is 0.0532. The molecule has 0 aromatic rings. The van der Waals surface area contributed by atoms with Gasteiger partial charge in [-0.2, -0.15) is 0 Å². The molecule has 1 fully saturated rings. The van der Waals surface area contributed by atoms with E-state index in [1.165, 1.54) is 11.8 Å². The summed E-state index contributed by atoms with van der Waals surface area (Å²) in [6.07, 6.45) is 0. The summed E-state index contributed by atoms with van der Waals surface area (Å²) >= 11 is 1.48. The highest BCUT2D eigenvalue weighted by Crippen LogP contribution is 2.34. The second-order valence-electron chi connectivity index (χ2n) is 2.49. The second-order valence-corrected chi connectivity index (χ2v) is 4.21. The molecule has 0 atom stereocenters. The Morgan fingerprint density at radius 1 is 1.67 bits per heavy atom. The minimum absolute atomic E-state index is 0.0532. The van der Waals surface area contributed by atoms with Crippen molar-refractivity contribution in [2.24, 2.45) is 0 Å². The van der Waals surface area contributed by atoms with Crippen LogP contribution in [0.25, 0.3) is 0 Å². The lowest BCUT2D eigenvalue weighted by Crippen LogP contribution is -2.29. The molecule has 0 spiro atoms. The Kier molecular flexibility index (Phi) is 1.31. The summed E-state index contributed by atoms with van der Waals surface area (Å²) in [6, 6.07) is 0. The Bertz CT molecular complexity index is 174. The molecule has 0 bridgehead atoms. The fourth-order valence-corrected chi connectivity index (χ4v) is 1.56. The largest absolute Gasteiger partial charge is 0.320 e. The van der Waals surface area contributed by atoms with Gasteiger partial charge >= 0.3 is 0 Å². The first-order valence-corrected chi connectivity index (χ1v) is 3.53. The van der Waals surface area contributed by atoms with Gasteiger partial charge in [0.15, 0.2) is 0 Å². The van der Waals surface area contributed by atoms with E-state index in [9.17, 15) is 4.79 Å². The molecule has 1 heterocycles. The molecule has 3 heteroatoms. The topological polar surface area (TPSA) is 29.1 Å². The Morgan fingerprint density at radius 2 is 2.22 bits per heavy atom. The van der Waals surface area contributed by atoms with Gasteiger partial charge in [-0.1, -0.05) is 18.3 Å². The third-order valence-electron chi connectivity index (χ3n) is 1.18. The van der Waals surface area contributed by atoms with Crippen LogP contribution < -0.4 is 5.32 Å². The van der Waals surface area contributed by atoms with Gasteiger partial charge < -0.3 is 5.32 Å². The maximum Gasteiger partial charge on any atom is 0.240 e. The van der Waals surface area contributed by atoms with Crippen LogP contribution >= 0.6 is 11.8 Å². The number of carbonyl (C=O) groups is 1. The highest BCUT2D eigenvalue weighted by molar-refractivity contribution is 8.05. The van der Waals surface area contributed by atoms with Crippen molar-refractivity contribution >= 4 is 17.7 Å². The van der Waals surface area contributed by atoms with Crippen molar-refractivity contribution in [1.82, 2.24) is 5.32 Å². The van der Waals surface area contributed by atoms with Crippen molar-refractivity contribution in [3.63, 3.8) is 0 Å².